The number of ether oxygens (including phenoxy) is 1. The Kier molecular flexibility index (Phi) is 2.88. The van der Waals surface area contributed by atoms with Crippen LogP contribution in [0.1, 0.15) is 38.5 Å². The Morgan fingerprint density at radius 3 is 2.47 bits per heavy atom. The maximum absolute atomic E-state index is 11.4. The van der Waals surface area contributed by atoms with Gasteiger partial charge < -0.3 is 9.84 Å². The molecule has 96 valence electrons. The predicted molar refractivity (Wildman–Crippen MR) is 67.1 cm³/mol. The first-order chi connectivity index (χ1) is 8.03. The molecule has 3 nitrogen and oxygen atoms in total. The number of hydrogen-bond donors (Lipinski definition) is 1. The first-order valence-electron chi connectivity index (χ1n) is 6.47. The molecule has 4 aliphatic carbocycles. The average molecular weight is 303 g/mol. The Hall–Kier alpha value is 0.0700. The lowest BCUT2D eigenvalue weighted by atomic mass is 9.52. The fraction of sp³-hybridized carbons (Fsp3) is 0.923. The van der Waals surface area contributed by atoms with Crippen LogP contribution in [-0.4, -0.2) is 34.0 Å². The molecule has 2 unspecified atom stereocenters. The van der Waals surface area contributed by atoms with Gasteiger partial charge in [-0.05, 0) is 43.9 Å². The number of ketones is 1. The van der Waals surface area contributed by atoms with Crippen molar-refractivity contribution in [2.45, 2.75) is 49.7 Å². The highest BCUT2D eigenvalue weighted by Crippen LogP contribution is 2.58. The SMILES string of the molecule is O=C(CBr)COC12CC3CC(CC(O)(C3)C1)C2. The molecule has 4 saturated carbocycles. The smallest absolute Gasteiger partial charge is 0.168 e. The monoisotopic (exact) mass is 302 g/mol. The first kappa shape index (κ1) is 12.1. The van der Waals surface area contributed by atoms with Crippen LogP contribution in [0.25, 0.3) is 0 Å². The normalized spacial score (nSPS) is 47.4. The molecule has 0 saturated heterocycles. The van der Waals surface area contributed by atoms with Crippen LogP contribution in [-0.2, 0) is 9.53 Å². The van der Waals surface area contributed by atoms with E-state index in [4.69, 9.17) is 4.74 Å². The number of carbonyl (C=O) groups excluding carboxylic acids is 1. The average Bonchev–Trinajstić information content (AvgIpc) is 2.22. The molecule has 4 heteroatoms. The Bertz CT molecular complexity index is 328. The number of halogens is 1. The van der Waals surface area contributed by atoms with Gasteiger partial charge in [-0.15, -0.1) is 0 Å². The van der Waals surface area contributed by atoms with Gasteiger partial charge in [-0.3, -0.25) is 4.79 Å². The maximum Gasteiger partial charge on any atom is 0.168 e. The number of carbonyl (C=O) groups is 1. The number of hydrogen-bond acceptors (Lipinski definition) is 3. The van der Waals surface area contributed by atoms with E-state index in [2.05, 4.69) is 15.9 Å². The summed E-state index contributed by atoms with van der Waals surface area (Å²) in [5.41, 5.74) is -0.696. The van der Waals surface area contributed by atoms with Crippen LogP contribution in [0.4, 0.5) is 0 Å². The summed E-state index contributed by atoms with van der Waals surface area (Å²) in [5.74, 6) is 1.31. The molecule has 0 aliphatic heterocycles. The van der Waals surface area contributed by atoms with E-state index in [1.54, 1.807) is 0 Å². The number of rotatable bonds is 4. The Morgan fingerprint density at radius 1 is 1.29 bits per heavy atom. The lowest BCUT2D eigenvalue weighted by molar-refractivity contribution is -0.219. The van der Waals surface area contributed by atoms with Gasteiger partial charge in [0.15, 0.2) is 5.78 Å². The molecule has 0 heterocycles. The fourth-order valence-corrected chi connectivity index (χ4v) is 4.73. The highest BCUT2D eigenvalue weighted by Gasteiger charge is 2.57. The van der Waals surface area contributed by atoms with E-state index in [9.17, 15) is 9.90 Å². The van der Waals surface area contributed by atoms with E-state index in [1.807, 2.05) is 0 Å². The predicted octanol–water partition coefficient (Wildman–Crippen LogP) is 2.05. The molecule has 4 aliphatic rings. The molecule has 1 N–H and O–H groups in total. The molecule has 0 aromatic carbocycles. The summed E-state index contributed by atoms with van der Waals surface area (Å²) >= 11 is 3.16. The van der Waals surface area contributed by atoms with E-state index in [-0.39, 0.29) is 18.0 Å². The second kappa shape index (κ2) is 4.04. The first-order valence-corrected chi connectivity index (χ1v) is 7.59. The van der Waals surface area contributed by atoms with Gasteiger partial charge in [0.25, 0.3) is 0 Å². The summed E-state index contributed by atoms with van der Waals surface area (Å²) in [6.45, 7) is 0.195. The largest absolute Gasteiger partial charge is 0.390 e. The third kappa shape index (κ3) is 2.20. The quantitative estimate of drug-likeness (QED) is 0.809. The maximum atomic E-state index is 11.4. The Morgan fingerprint density at radius 2 is 1.94 bits per heavy atom. The molecule has 0 amide bonds. The van der Waals surface area contributed by atoms with Crippen molar-refractivity contribution in [3.05, 3.63) is 0 Å². The highest BCUT2D eigenvalue weighted by molar-refractivity contribution is 9.09. The zero-order valence-corrected chi connectivity index (χ0v) is 11.5. The summed E-state index contributed by atoms with van der Waals surface area (Å²) in [6, 6.07) is 0. The minimum absolute atomic E-state index is 0.0905. The molecule has 4 bridgehead atoms. The number of Topliss-reactive ketones (excluding diaryl/α,β-unsaturated/α-hetero) is 1. The van der Waals surface area contributed by atoms with Crippen molar-refractivity contribution in [1.29, 1.82) is 0 Å². The Labute approximate surface area is 110 Å². The van der Waals surface area contributed by atoms with Gasteiger partial charge in [-0.1, -0.05) is 15.9 Å². The van der Waals surface area contributed by atoms with Gasteiger partial charge >= 0.3 is 0 Å². The summed E-state index contributed by atoms with van der Waals surface area (Å²) in [5, 5.41) is 10.9. The minimum atomic E-state index is -0.498. The molecule has 17 heavy (non-hydrogen) atoms. The van der Waals surface area contributed by atoms with Crippen molar-refractivity contribution in [2.24, 2.45) is 11.8 Å². The molecule has 0 spiro atoms. The number of aliphatic hydroxyl groups is 1. The standard InChI is InChI=1S/C13H19BrO3/c14-6-11(15)7-17-13-4-9-1-10(5-13)3-12(16,2-9)8-13/h9-10,16H,1-8H2. The summed E-state index contributed by atoms with van der Waals surface area (Å²) in [4.78, 5) is 11.4. The molecule has 0 aromatic rings. The summed E-state index contributed by atoms with van der Waals surface area (Å²) in [7, 11) is 0. The van der Waals surface area contributed by atoms with Gasteiger partial charge in [0.1, 0.15) is 6.61 Å². The van der Waals surface area contributed by atoms with E-state index >= 15 is 0 Å². The van der Waals surface area contributed by atoms with E-state index in [0.717, 1.165) is 32.1 Å². The molecular weight excluding hydrogens is 284 g/mol. The van der Waals surface area contributed by atoms with Crippen molar-refractivity contribution in [3.63, 3.8) is 0 Å². The van der Waals surface area contributed by atoms with Gasteiger partial charge in [-0.2, -0.15) is 0 Å². The van der Waals surface area contributed by atoms with Crippen LogP contribution in [0.3, 0.4) is 0 Å². The zero-order chi connectivity index (χ0) is 12.1. The van der Waals surface area contributed by atoms with Crippen molar-refractivity contribution < 1.29 is 14.6 Å². The minimum Gasteiger partial charge on any atom is -0.390 e. The van der Waals surface area contributed by atoms with Gasteiger partial charge in [0.05, 0.1) is 16.5 Å². The molecule has 4 rings (SSSR count). The van der Waals surface area contributed by atoms with E-state index in [0.29, 0.717) is 17.2 Å². The third-order valence-electron chi connectivity index (χ3n) is 4.66. The van der Waals surface area contributed by atoms with E-state index in [1.165, 1.54) is 6.42 Å². The highest BCUT2D eigenvalue weighted by atomic mass is 79.9. The third-order valence-corrected chi connectivity index (χ3v) is 5.29. The second-order valence-corrected chi connectivity index (χ2v) is 6.89. The van der Waals surface area contributed by atoms with Gasteiger partial charge in [0.2, 0.25) is 0 Å². The molecular formula is C13H19BrO3. The van der Waals surface area contributed by atoms with Crippen LogP contribution in [0.5, 0.6) is 0 Å². The van der Waals surface area contributed by atoms with Crippen LogP contribution >= 0.6 is 15.9 Å². The van der Waals surface area contributed by atoms with Crippen LogP contribution in [0.2, 0.25) is 0 Å². The van der Waals surface area contributed by atoms with Gasteiger partial charge in [0, 0.05) is 6.42 Å². The topological polar surface area (TPSA) is 46.5 Å². The Balaban J connectivity index is 1.72. The fourth-order valence-electron chi connectivity index (χ4n) is 4.57. The summed E-state index contributed by atoms with van der Waals surface area (Å²) in [6.07, 6.45) is 5.97. The zero-order valence-electron chi connectivity index (χ0n) is 9.95. The lowest BCUT2D eigenvalue weighted by Crippen LogP contribution is -2.60. The van der Waals surface area contributed by atoms with E-state index < -0.39 is 5.60 Å². The molecule has 2 atom stereocenters. The lowest BCUT2D eigenvalue weighted by Gasteiger charge is -2.59. The molecule has 0 aromatic heterocycles. The summed E-state index contributed by atoms with van der Waals surface area (Å²) < 4.78 is 5.92. The van der Waals surface area contributed by atoms with Gasteiger partial charge in [-0.25, -0.2) is 0 Å². The van der Waals surface area contributed by atoms with Crippen molar-refractivity contribution in [3.8, 4) is 0 Å². The van der Waals surface area contributed by atoms with Crippen LogP contribution < -0.4 is 0 Å². The number of alkyl halides is 1. The second-order valence-electron chi connectivity index (χ2n) is 6.33. The van der Waals surface area contributed by atoms with Crippen molar-refractivity contribution in [1.82, 2.24) is 0 Å². The van der Waals surface area contributed by atoms with Crippen molar-refractivity contribution >= 4 is 21.7 Å². The molecule has 0 radical (unpaired) electrons. The van der Waals surface area contributed by atoms with Crippen LogP contribution in [0.15, 0.2) is 0 Å². The molecule has 4 fully saturated rings. The van der Waals surface area contributed by atoms with Crippen LogP contribution in [0, 0.1) is 11.8 Å². The van der Waals surface area contributed by atoms with Crippen molar-refractivity contribution in [2.75, 3.05) is 11.9 Å².